The number of carboxylic acids is 1. The highest BCUT2D eigenvalue weighted by molar-refractivity contribution is 8.18. The normalized spacial score (nSPS) is 16.1. The molecule has 0 bridgehead atoms. The number of amidine groups is 1. The molecule has 32 heavy (non-hydrogen) atoms. The van der Waals surface area contributed by atoms with E-state index in [0.717, 1.165) is 28.2 Å². The number of para-hydroxylation sites is 1. The van der Waals surface area contributed by atoms with Crippen LogP contribution in [-0.4, -0.2) is 26.7 Å². The molecule has 0 spiro atoms. The molecular weight excluding hydrogens is 446 g/mol. The molecule has 1 fully saturated rings. The smallest absolute Gasteiger partial charge is 0.337 e. The molecule has 0 radical (unpaired) electrons. The molecule has 3 aromatic rings. The first-order valence-corrected chi connectivity index (χ1v) is 11.0. The molecule has 6 nitrogen and oxygen atoms in total. The number of nitrogens with zero attached hydrogens (tertiary/aromatic N) is 2. The van der Waals surface area contributed by atoms with Gasteiger partial charge in [-0.3, -0.25) is 4.79 Å². The number of hydrogen-bond donors (Lipinski definition) is 2. The predicted molar refractivity (Wildman–Crippen MR) is 129 cm³/mol. The number of benzene rings is 2. The zero-order valence-electron chi connectivity index (χ0n) is 17.6. The molecule has 1 aromatic heterocycles. The predicted octanol–water partition coefficient (Wildman–Crippen LogP) is 5.65. The van der Waals surface area contributed by atoms with Crippen molar-refractivity contribution in [3.05, 3.63) is 86.5 Å². The first-order chi connectivity index (χ1) is 15.2. The van der Waals surface area contributed by atoms with Crippen LogP contribution in [0.25, 0.3) is 11.8 Å². The zero-order chi connectivity index (χ0) is 23.0. The Labute approximate surface area is 194 Å². The largest absolute Gasteiger partial charge is 0.478 e. The zero-order valence-corrected chi connectivity index (χ0v) is 19.2. The molecule has 0 aliphatic carbocycles. The van der Waals surface area contributed by atoms with E-state index in [2.05, 4.69) is 10.3 Å². The summed E-state index contributed by atoms with van der Waals surface area (Å²) in [5.74, 6) is -1.28. The Balaban J connectivity index is 1.68. The minimum Gasteiger partial charge on any atom is -0.478 e. The number of amides is 1. The molecule has 0 atom stereocenters. The summed E-state index contributed by atoms with van der Waals surface area (Å²) >= 11 is 7.31. The van der Waals surface area contributed by atoms with Crippen molar-refractivity contribution in [3.63, 3.8) is 0 Å². The number of aromatic nitrogens is 1. The van der Waals surface area contributed by atoms with Gasteiger partial charge in [-0.15, -0.1) is 0 Å². The first kappa shape index (κ1) is 21.9. The molecule has 8 heteroatoms. The van der Waals surface area contributed by atoms with Crippen LogP contribution in [0, 0.1) is 20.8 Å². The van der Waals surface area contributed by atoms with E-state index in [4.69, 9.17) is 11.6 Å². The molecule has 0 saturated carbocycles. The summed E-state index contributed by atoms with van der Waals surface area (Å²) in [5, 5.41) is 12.9. The lowest BCUT2D eigenvalue weighted by Gasteiger charge is -2.11. The molecule has 162 valence electrons. The Hall–Kier alpha value is -3.29. The summed E-state index contributed by atoms with van der Waals surface area (Å²) in [6.07, 6.45) is 1.83. The lowest BCUT2D eigenvalue weighted by atomic mass is 10.2. The minimum atomic E-state index is -1.08. The van der Waals surface area contributed by atoms with Crippen LogP contribution in [0.2, 0.25) is 5.02 Å². The number of halogens is 1. The van der Waals surface area contributed by atoms with E-state index in [-0.39, 0.29) is 16.5 Å². The number of nitrogens with one attached hydrogen (secondary N) is 1. The van der Waals surface area contributed by atoms with E-state index < -0.39 is 5.97 Å². The molecule has 2 aromatic carbocycles. The Bertz CT molecular complexity index is 1320. The summed E-state index contributed by atoms with van der Waals surface area (Å²) in [6.45, 7) is 5.82. The maximum absolute atomic E-state index is 12.5. The molecule has 2 heterocycles. The lowest BCUT2D eigenvalue weighted by molar-refractivity contribution is -0.115. The van der Waals surface area contributed by atoms with Crippen molar-refractivity contribution in [3.8, 4) is 5.69 Å². The van der Waals surface area contributed by atoms with Crippen molar-refractivity contribution in [1.29, 1.82) is 0 Å². The number of aryl methyl sites for hydroxylation is 2. The Kier molecular flexibility index (Phi) is 5.95. The monoisotopic (exact) mass is 465 g/mol. The highest BCUT2D eigenvalue weighted by Crippen LogP contribution is 2.31. The highest BCUT2D eigenvalue weighted by Gasteiger charge is 2.25. The fourth-order valence-corrected chi connectivity index (χ4v) is 4.59. The van der Waals surface area contributed by atoms with Crippen LogP contribution in [0.4, 0.5) is 5.69 Å². The van der Waals surface area contributed by atoms with Crippen molar-refractivity contribution in [1.82, 2.24) is 9.88 Å². The third kappa shape index (κ3) is 4.22. The van der Waals surface area contributed by atoms with Crippen molar-refractivity contribution in [2.24, 2.45) is 4.99 Å². The fraction of sp³-hybridized carbons (Fsp3) is 0.125. The summed E-state index contributed by atoms with van der Waals surface area (Å²) in [5.41, 5.74) is 5.23. The molecule has 1 saturated heterocycles. The van der Waals surface area contributed by atoms with Crippen LogP contribution in [-0.2, 0) is 4.79 Å². The number of thioether (sulfide) groups is 1. The van der Waals surface area contributed by atoms with Gasteiger partial charge in [0.25, 0.3) is 5.91 Å². The van der Waals surface area contributed by atoms with Gasteiger partial charge in [0.05, 0.1) is 21.2 Å². The second-order valence-electron chi connectivity index (χ2n) is 7.40. The van der Waals surface area contributed by atoms with Crippen molar-refractivity contribution < 1.29 is 14.7 Å². The number of rotatable bonds is 4. The lowest BCUT2D eigenvalue weighted by Crippen LogP contribution is -2.19. The van der Waals surface area contributed by atoms with E-state index in [1.54, 1.807) is 18.2 Å². The molecule has 4 rings (SSSR count). The van der Waals surface area contributed by atoms with Gasteiger partial charge >= 0.3 is 5.97 Å². The Morgan fingerprint density at radius 3 is 2.62 bits per heavy atom. The number of carboxylic acid groups (broad SMARTS) is 1. The van der Waals surface area contributed by atoms with Gasteiger partial charge in [0, 0.05) is 17.1 Å². The quantitative estimate of drug-likeness (QED) is 0.488. The Morgan fingerprint density at radius 2 is 1.91 bits per heavy atom. The maximum Gasteiger partial charge on any atom is 0.337 e. The van der Waals surface area contributed by atoms with Crippen molar-refractivity contribution >= 4 is 52.2 Å². The summed E-state index contributed by atoms with van der Waals surface area (Å²) < 4.78 is 1.94. The van der Waals surface area contributed by atoms with Crippen LogP contribution in [0.1, 0.15) is 32.9 Å². The number of carbonyl (C=O) groups is 2. The average molecular weight is 466 g/mol. The number of aliphatic imine (C=N–C) groups is 1. The average Bonchev–Trinajstić information content (AvgIpc) is 3.22. The van der Waals surface area contributed by atoms with E-state index >= 15 is 0 Å². The molecule has 2 N–H and O–H groups in total. The van der Waals surface area contributed by atoms with Gasteiger partial charge in [0.15, 0.2) is 5.17 Å². The molecule has 1 aliphatic heterocycles. The number of carbonyl (C=O) groups excluding carboxylic acids is 1. The van der Waals surface area contributed by atoms with Crippen LogP contribution in [0.5, 0.6) is 0 Å². The van der Waals surface area contributed by atoms with Gasteiger partial charge in [-0.2, -0.15) is 0 Å². The highest BCUT2D eigenvalue weighted by atomic mass is 35.5. The van der Waals surface area contributed by atoms with Crippen LogP contribution in [0.3, 0.4) is 0 Å². The third-order valence-electron chi connectivity index (χ3n) is 5.18. The third-order valence-corrected chi connectivity index (χ3v) is 6.42. The van der Waals surface area contributed by atoms with Crippen molar-refractivity contribution in [2.45, 2.75) is 20.8 Å². The van der Waals surface area contributed by atoms with Gasteiger partial charge in [0.2, 0.25) is 0 Å². The summed E-state index contributed by atoms with van der Waals surface area (Å²) in [7, 11) is 0. The molecule has 0 unspecified atom stereocenters. The minimum absolute atomic E-state index is 0.0411. The number of aromatic carboxylic acids is 1. The van der Waals surface area contributed by atoms with Gasteiger partial charge in [0.1, 0.15) is 0 Å². The molecule has 1 amide bonds. The fourth-order valence-electron chi connectivity index (χ4n) is 3.57. The van der Waals surface area contributed by atoms with Gasteiger partial charge in [-0.25, -0.2) is 9.79 Å². The summed E-state index contributed by atoms with van der Waals surface area (Å²) in [4.78, 5) is 29.1. The van der Waals surface area contributed by atoms with E-state index in [9.17, 15) is 14.7 Å². The van der Waals surface area contributed by atoms with E-state index in [0.29, 0.717) is 15.8 Å². The Morgan fingerprint density at radius 1 is 1.16 bits per heavy atom. The SMILES string of the molecule is Cc1ccccc1N=C1NC(=O)/C(=C/c2cc(C)n(-c3ccc(Cl)c(C(=O)O)c3)c2C)S1. The standard InChI is InChI=1S/C24H20ClN3O3S/c1-13-6-4-5-7-20(13)26-24-27-22(29)21(32-24)11-16-10-14(2)28(15(16)3)17-8-9-19(25)18(12-17)23(30)31/h4-12H,1-3H3,(H,30,31)(H,26,27,29)/b21-11-. The van der Waals surface area contributed by atoms with Crippen LogP contribution >= 0.6 is 23.4 Å². The maximum atomic E-state index is 12.5. The molecule has 1 aliphatic rings. The van der Waals surface area contributed by atoms with E-state index in [1.165, 1.54) is 11.8 Å². The first-order valence-electron chi connectivity index (χ1n) is 9.82. The van der Waals surface area contributed by atoms with Crippen LogP contribution < -0.4 is 5.32 Å². The molecular formula is C24H20ClN3O3S. The second-order valence-corrected chi connectivity index (χ2v) is 8.84. The van der Waals surface area contributed by atoms with Crippen LogP contribution in [0.15, 0.2) is 58.4 Å². The van der Waals surface area contributed by atoms with Gasteiger partial charge < -0.3 is 15.0 Å². The van der Waals surface area contributed by atoms with Crippen molar-refractivity contribution in [2.75, 3.05) is 0 Å². The van der Waals surface area contributed by atoms with Gasteiger partial charge in [-0.1, -0.05) is 29.8 Å². The second kappa shape index (κ2) is 8.68. The summed E-state index contributed by atoms with van der Waals surface area (Å²) in [6, 6.07) is 14.6. The van der Waals surface area contributed by atoms with Gasteiger partial charge in [-0.05, 0) is 80.1 Å². The topological polar surface area (TPSA) is 83.7 Å². The van der Waals surface area contributed by atoms with E-state index in [1.807, 2.05) is 61.7 Å². The number of hydrogen-bond acceptors (Lipinski definition) is 4.